The van der Waals surface area contributed by atoms with Gasteiger partial charge in [-0.2, -0.15) is 0 Å². The Hall–Kier alpha value is -1.15. The SMILES string of the molecule is O=C([O-])c1nccc(C2=CCOCC2)n1.[Li+]. The number of hydrogen-bond acceptors (Lipinski definition) is 5. The van der Waals surface area contributed by atoms with Gasteiger partial charge in [-0.25, -0.2) is 9.97 Å². The summed E-state index contributed by atoms with van der Waals surface area (Å²) in [5.74, 6) is -1.63. The van der Waals surface area contributed by atoms with Gasteiger partial charge in [0.2, 0.25) is 0 Å². The number of carbonyl (C=O) groups excluding carboxylic acids is 1. The molecule has 1 aliphatic heterocycles. The van der Waals surface area contributed by atoms with E-state index in [1.807, 2.05) is 6.08 Å². The van der Waals surface area contributed by atoms with E-state index in [1.54, 1.807) is 6.07 Å². The van der Waals surface area contributed by atoms with E-state index in [9.17, 15) is 9.90 Å². The first kappa shape index (κ1) is 12.9. The molecule has 2 rings (SSSR count). The Kier molecular flexibility index (Phi) is 4.68. The molecule has 78 valence electrons. The first-order valence-corrected chi connectivity index (χ1v) is 4.59. The van der Waals surface area contributed by atoms with Crippen LogP contribution in [0.5, 0.6) is 0 Å². The molecule has 16 heavy (non-hydrogen) atoms. The molecule has 2 heterocycles. The number of rotatable bonds is 2. The van der Waals surface area contributed by atoms with Gasteiger partial charge in [-0.05, 0) is 18.1 Å². The summed E-state index contributed by atoms with van der Waals surface area (Å²) in [5.41, 5.74) is 1.62. The van der Waals surface area contributed by atoms with Crippen molar-refractivity contribution in [1.82, 2.24) is 9.97 Å². The second kappa shape index (κ2) is 5.80. The molecule has 0 aromatic carbocycles. The number of carbonyl (C=O) groups is 1. The first-order chi connectivity index (χ1) is 7.27. The molecule has 0 saturated carbocycles. The zero-order valence-corrected chi connectivity index (χ0v) is 8.97. The molecule has 0 saturated heterocycles. The van der Waals surface area contributed by atoms with Crippen molar-refractivity contribution in [1.29, 1.82) is 0 Å². The molecule has 0 fully saturated rings. The van der Waals surface area contributed by atoms with Crippen LogP contribution >= 0.6 is 0 Å². The van der Waals surface area contributed by atoms with Crippen molar-refractivity contribution in [2.24, 2.45) is 0 Å². The van der Waals surface area contributed by atoms with E-state index in [2.05, 4.69) is 9.97 Å². The summed E-state index contributed by atoms with van der Waals surface area (Å²) < 4.78 is 5.15. The van der Waals surface area contributed by atoms with Crippen molar-refractivity contribution in [2.45, 2.75) is 6.42 Å². The number of nitrogens with zero attached hydrogens (tertiary/aromatic N) is 2. The van der Waals surface area contributed by atoms with Crippen molar-refractivity contribution in [3.63, 3.8) is 0 Å². The van der Waals surface area contributed by atoms with Gasteiger partial charge in [0.25, 0.3) is 0 Å². The maximum atomic E-state index is 10.6. The Morgan fingerprint density at radius 2 is 2.31 bits per heavy atom. The minimum absolute atomic E-state index is 0. The van der Waals surface area contributed by atoms with Gasteiger partial charge in [0.15, 0.2) is 5.82 Å². The predicted molar refractivity (Wildman–Crippen MR) is 49.8 cm³/mol. The molecule has 6 heteroatoms. The molecule has 1 aromatic heterocycles. The van der Waals surface area contributed by atoms with Crippen LogP contribution in [0.3, 0.4) is 0 Å². The van der Waals surface area contributed by atoms with Crippen LogP contribution < -0.4 is 24.0 Å². The van der Waals surface area contributed by atoms with Crippen molar-refractivity contribution >= 4 is 11.5 Å². The molecule has 0 N–H and O–H groups in total. The number of aromatic carboxylic acids is 1. The van der Waals surface area contributed by atoms with Gasteiger partial charge < -0.3 is 14.6 Å². The quantitative estimate of drug-likeness (QED) is 0.479. The zero-order valence-electron chi connectivity index (χ0n) is 8.97. The van der Waals surface area contributed by atoms with Gasteiger partial charge >= 0.3 is 18.9 Å². The predicted octanol–water partition coefficient (Wildman–Crippen LogP) is -3.35. The molecule has 5 nitrogen and oxygen atoms in total. The monoisotopic (exact) mass is 212 g/mol. The first-order valence-electron chi connectivity index (χ1n) is 4.59. The summed E-state index contributed by atoms with van der Waals surface area (Å²) in [4.78, 5) is 18.1. The summed E-state index contributed by atoms with van der Waals surface area (Å²) >= 11 is 0. The van der Waals surface area contributed by atoms with Crippen LogP contribution in [-0.4, -0.2) is 29.2 Å². The van der Waals surface area contributed by atoms with Crippen molar-refractivity contribution in [3.05, 3.63) is 29.9 Å². The Bertz CT molecular complexity index is 420. The maximum absolute atomic E-state index is 10.6. The van der Waals surface area contributed by atoms with E-state index < -0.39 is 5.97 Å². The van der Waals surface area contributed by atoms with Gasteiger partial charge in [-0.3, -0.25) is 0 Å². The van der Waals surface area contributed by atoms with Crippen LogP contribution in [0, 0.1) is 0 Å². The molecule has 0 bridgehead atoms. The third-order valence-corrected chi connectivity index (χ3v) is 2.13. The normalized spacial score (nSPS) is 14.9. The summed E-state index contributed by atoms with van der Waals surface area (Å²) in [6.07, 6.45) is 4.05. The molecular formula is C10H9LiN2O3. The number of ether oxygens (including phenoxy) is 1. The molecule has 0 radical (unpaired) electrons. The van der Waals surface area contributed by atoms with Crippen molar-refractivity contribution in [3.8, 4) is 0 Å². The summed E-state index contributed by atoms with van der Waals surface area (Å²) in [7, 11) is 0. The molecular weight excluding hydrogens is 203 g/mol. The van der Waals surface area contributed by atoms with E-state index in [0.717, 1.165) is 12.0 Å². The standard InChI is InChI=1S/C10H10N2O3.Li/c13-10(14)9-11-4-1-8(12-9)7-2-5-15-6-3-7;/h1-2,4H,3,5-6H2,(H,13,14);/q;+1/p-1. The fraction of sp³-hybridized carbons (Fsp3) is 0.300. The van der Waals surface area contributed by atoms with Crippen LogP contribution in [0.2, 0.25) is 0 Å². The largest absolute Gasteiger partial charge is 1.00 e. The van der Waals surface area contributed by atoms with Crippen LogP contribution in [-0.2, 0) is 4.74 Å². The van der Waals surface area contributed by atoms with Gasteiger partial charge in [0.1, 0.15) is 5.97 Å². The Morgan fingerprint density at radius 1 is 1.50 bits per heavy atom. The fourth-order valence-electron chi connectivity index (χ4n) is 1.40. The van der Waals surface area contributed by atoms with Crippen molar-refractivity contribution < 1.29 is 33.5 Å². The summed E-state index contributed by atoms with van der Waals surface area (Å²) in [6.45, 7) is 1.18. The molecule has 0 atom stereocenters. The summed E-state index contributed by atoms with van der Waals surface area (Å²) in [5, 5.41) is 10.6. The number of hydrogen-bond donors (Lipinski definition) is 0. The maximum Gasteiger partial charge on any atom is 1.00 e. The molecule has 0 unspecified atom stereocenters. The molecule has 1 aromatic rings. The van der Waals surface area contributed by atoms with Crippen LogP contribution in [0.25, 0.3) is 5.57 Å². The molecule has 0 aliphatic carbocycles. The third kappa shape index (κ3) is 2.92. The number of aromatic nitrogens is 2. The third-order valence-electron chi connectivity index (χ3n) is 2.13. The van der Waals surface area contributed by atoms with E-state index >= 15 is 0 Å². The van der Waals surface area contributed by atoms with Crippen molar-refractivity contribution in [2.75, 3.05) is 13.2 Å². The average Bonchev–Trinajstić information content (AvgIpc) is 2.30. The van der Waals surface area contributed by atoms with Crippen LogP contribution in [0.15, 0.2) is 18.3 Å². The Morgan fingerprint density at radius 3 is 2.94 bits per heavy atom. The van der Waals surface area contributed by atoms with E-state index in [-0.39, 0.29) is 24.7 Å². The topological polar surface area (TPSA) is 75.1 Å². The molecule has 0 spiro atoms. The summed E-state index contributed by atoms with van der Waals surface area (Å²) in [6, 6.07) is 1.68. The zero-order chi connectivity index (χ0) is 10.7. The average molecular weight is 212 g/mol. The van der Waals surface area contributed by atoms with Gasteiger partial charge in [0.05, 0.1) is 18.9 Å². The van der Waals surface area contributed by atoms with Crippen LogP contribution in [0.1, 0.15) is 22.7 Å². The number of carboxylic acids is 1. The Balaban J connectivity index is 0.00000128. The second-order valence-corrected chi connectivity index (χ2v) is 3.11. The van der Waals surface area contributed by atoms with E-state index in [0.29, 0.717) is 18.9 Å². The fourth-order valence-corrected chi connectivity index (χ4v) is 1.40. The van der Waals surface area contributed by atoms with Crippen LogP contribution in [0.4, 0.5) is 0 Å². The van der Waals surface area contributed by atoms with Gasteiger partial charge in [-0.1, -0.05) is 6.08 Å². The Labute approximate surface area is 105 Å². The smallest absolute Gasteiger partial charge is 0.542 e. The number of carboxylic acid groups (broad SMARTS) is 1. The van der Waals surface area contributed by atoms with Gasteiger partial charge in [-0.15, -0.1) is 0 Å². The molecule has 1 aliphatic rings. The molecule has 0 amide bonds. The van der Waals surface area contributed by atoms with E-state index in [4.69, 9.17) is 4.74 Å². The van der Waals surface area contributed by atoms with Gasteiger partial charge in [0, 0.05) is 6.20 Å². The minimum atomic E-state index is -1.36. The van der Waals surface area contributed by atoms with E-state index in [1.165, 1.54) is 6.20 Å². The minimum Gasteiger partial charge on any atom is -0.542 e. The second-order valence-electron chi connectivity index (χ2n) is 3.11.